The van der Waals surface area contributed by atoms with Crippen LogP contribution in [0.2, 0.25) is 34.8 Å². The molecule has 1 saturated heterocycles. The zero-order chi connectivity index (χ0) is 41.5. The molecular weight excluding hydrogens is 733 g/mol. The van der Waals surface area contributed by atoms with Gasteiger partial charge in [0.05, 0.1) is 38.4 Å². The second-order valence-corrected chi connectivity index (χ2v) is 29.6. The smallest absolute Gasteiger partial charge is 0.312 e. The standard InChI is InChI=1S/C47H76O7Si2/c1-33(2)56(34(3)4,35(5)6)53-28-37(8)36(7)27-47-25-24-40(30-50-29-38-18-16-15-17-19-38)26-42(47)44(54-55(13,14)46(9,10)11)43(32-52-45(47)48)51-31-39-20-22-41(49-12)23-21-39/h15-23,26,33-37,42-44H,24-25,27-32H2,1-14H3/t36-,37-,42-,43+,44-,47+/m1/s1. The van der Waals surface area contributed by atoms with Gasteiger partial charge in [0.15, 0.2) is 16.6 Å². The molecule has 1 heterocycles. The number of benzene rings is 2. The lowest BCUT2D eigenvalue weighted by molar-refractivity contribution is -0.160. The maximum absolute atomic E-state index is 14.8. The molecule has 1 fully saturated rings. The van der Waals surface area contributed by atoms with Gasteiger partial charge in [0, 0.05) is 12.5 Å². The zero-order valence-corrected chi connectivity index (χ0v) is 39.4. The Morgan fingerprint density at radius 2 is 1.43 bits per heavy atom. The molecule has 9 heteroatoms. The van der Waals surface area contributed by atoms with E-state index in [4.69, 9.17) is 27.8 Å². The minimum Gasteiger partial charge on any atom is -0.497 e. The summed E-state index contributed by atoms with van der Waals surface area (Å²) in [4.78, 5) is 14.8. The van der Waals surface area contributed by atoms with Gasteiger partial charge in [0.1, 0.15) is 18.5 Å². The van der Waals surface area contributed by atoms with Gasteiger partial charge < -0.3 is 27.8 Å². The second-order valence-electron chi connectivity index (χ2n) is 19.4. The van der Waals surface area contributed by atoms with Crippen LogP contribution >= 0.6 is 0 Å². The van der Waals surface area contributed by atoms with E-state index in [-0.39, 0.29) is 41.5 Å². The van der Waals surface area contributed by atoms with Crippen LogP contribution in [0.15, 0.2) is 66.2 Å². The molecule has 0 radical (unpaired) electrons. The van der Waals surface area contributed by atoms with Crippen LogP contribution in [0.3, 0.4) is 0 Å². The van der Waals surface area contributed by atoms with E-state index in [0.717, 1.165) is 23.3 Å². The molecule has 0 aromatic heterocycles. The summed E-state index contributed by atoms with van der Waals surface area (Å²) in [6.07, 6.45) is 3.65. The number of carbonyl (C=O) groups excluding carboxylic acids is 1. The molecule has 7 nitrogen and oxygen atoms in total. The number of cyclic esters (lactones) is 1. The fourth-order valence-electron chi connectivity index (χ4n) is 9.09. The van der Waals surface area contributed by atoms with Gasteiger partial charge in [-0.25, -0.2) is 0 Å². The molecule has 2 aromatic carbocycles. The number of esters is 1. The maximum atomic E-state index is 14.8. The van der Waals surface area contributed by atoms with Gasteiger partial charge in [-0.1, -0.05) is 125 Å². The summed E-state index contributed by atoms with van der Waals surface area (Å²) in [5.74, 6) is 0.887. The van der Waals surface area contributed by atoms with Gasteiger partial charge in [-0.05, 0) is 94.7 Å². The first kappa shape index (κ1) is 46.4. The Hall–Kier alpha value is -2.28. The molecule has 0 spiro atoms. The lowest BCUT2D eigenvalue weighted by atomic mass is 9.60. The molecule has 0 bridgehead atoms. The number of fused-ring (bicyclic) bond motifs is 1. The van der Waals surface area contributed by atoms with E-state index in [9.17, 15) is 4.79 Å². The SMILES string of the molecule is COc1ccc(CO[C@H]2COC(=O)[C@]3(C[C@@H](C)[C@H](C)CO[Si](C(C)C)(C(C)C)C(C)C)CCC(COCc4ccccc4)=C[C@@H]3[C@H]2O[Si](C)(C)C(C)(C)C)cc1. The summed E-state index contributed by atoms with van der Waals surface area (Å²) in [6, 6.07) is 18.3. The number of hydrogen-bond donors (Lipinski definition) is 0. The van der Waals surface area contributed by atoms with Crippen LogP contribution in [-0.4, -0.2) is 61.7 Å². The van der Waals surface area contributed by atoms with Gasteiger partial charge in [-0.2, -0.15) is 0 Å². The normalized spacial score (nSPS) is 23.4. The third-order valence-corrected chi connectivity index (χ3v) is 24.2. The Morgan fingerprint density at radius 3 is 2.00 bits per heavy atom. The fraction of sp³-hybridized carbons (Fsp3) is 0.681. The molecule has 56 heavy (non-hydrogen) atoms. The van der Waals surface area contributed by atoms with Crippen LogP contribution in [-0.2, 0) is 41.1 Å². The molecule has 0 saturated carbocycles. The topological polar surface area (TPSA) is 72.5 Å². The van der Waals surface area contributed by atoms with Crippen molar-refractivity contribution in [3.63, 3.8) is 0 Å². The first-order valence-electron chi connectivity index (χ1n) is 21.3. The van der Waals surface area contributed by atoms with Crippen molar-refractivity contribution in [1.82, 2.24) is 0 Å². The van der Waals surface area contributed by atoms with Gasteiger partial charge in [0.25, 0.3) is 0 Å². The summed E-state index contributed by atoms with van der Waals surface area (Å²) in [5.41, 5.74) is 4.15. The molecule has 1 aliphatic heterocycles. The minimum atomic E-state index is -2.37. The Balaban J connectivity index is 1.73. The molecular formula is C47H76O7Si2. The lowest BCUT2D eigenvalue weighted by Gasteiger charge is -2.48. The van der Waals surface area contributed by atoms with Gasteiger partial charge >= 0.3 is 5.97 Å². The van der Waals surface area contributed by atoms with Gasteiger partial charge in [0.2, 0.25) is 0 Å². The van der Waals surface area contributed by atoms with Crippen molar-refractivity contribution >= 4 is 22.6 Å². The molecule has 6 atom stereocenters. The van der Waals surface area contributed by atoms with E-state index in [0.29, 0.717) is 55.9 Å². The Labute approximate surface area is 342 Å². The van der Waals surface area contributed by atoms with E-state index in [2.05, 4.69) is 107 Å². The van der Waals surface area contributed by atoms with Crippen LogP contribution in [0.4, 0.5) is 0 Å². The Morgan fingerprint density at radius 1 is 0.821 bits per heavy atom. The number of rotatable bonds is 19. The highest BCUT2D eigenvalue weighted by Crippen LogP contribution is 2.53. The molecule has 4 rings (SSSR count). The van der Waals surface area contributed by atoms with Crippen LogP contribution in [0.5, 0.6) is 5.75 Å². The second kappa shape index (κ2) is 19.7. The summed E-state index contributed by atoms with van der Waals surface area (Å²) in [6.45, 7) is 32.4. The van der Waals surface area contributed by atoms with Crippen molar-refractivity contribution in [2.45, 2.75) is 156 Å². The van der Waals surface area contributed by atoms with Crippen molar-refractivity contribution in [2.75, 3.05) is 26.9 Å². The van der Waals surface area contributed by atoms with Crippen LogP contribution < -0.4 is 4.74 Å². The van der Waals surface area contributed by atoms with Crippen molar-refractivity contribution in [2.24, 2.45) is 23.2 Å². The minimum absolute atomic E-state index is 0.0495. The van der Waals surface area contributed by atoms with E-state index >= 15 is 0 Å². The van der Waals surface area contributed by atoms with Crippen LogP contribution in [0.1, 0.15) is 107 Å². The molecule has 0 unspecified atom stereocenters. The van der Waals surface area contributed by atoms with E-state index in [1.165, 1.54) is 5.57 Å². The van der Waals surface area contributed by atoms with Gasteiger partial charge in [-0.15, -0.1) is 0 Å². The predicted octanol–water partition coefficient (Wildman–Crippen LogP) is 11.9. The van der Waals surface area contributed by atoms with Crippen molar-refractivity contribution in [1.29, 1.82) is 0 Å². The highest BCUT2D eigenvalue weighted by atomic mass is 28.4. The summed E-state index contributed by atoms with van der Waals surface area (Å²) < 4.78 is 39.6. The van der Waals surface area contributed by atoms with Crippen LogP contribution in [0.25, 0.3) is 0 Å². The third kappa shape index (κ3) is 10.9. The maximum Gasteiger partial charge on any atom is 0.312 e. The van der Waals surface area contributed by atoms with E-state index in [1.807, 2.05) is 42.5 Å². The fourth-order valence-corrected chi connectivity index (χ4v) is 16.0. The number of ether oxygens (including phenoxy) is 4. The molecule has 314 valence electrons. The summed E-state index contributed by atoms with van der Waals surface area (Å²) in [7, 11) is -2.75. The van der Waals surface area contributed by atoms with Crippen molar-refractivity contribution < 1.29 is 32.6 Å². The highest BCUT2D eigenvalue weighted by molar-refractivity contribution is 6.77. The predicted molar refractivity (Wildman–Crippen MR) is 234 cm³/mol. The average molecular weight is 809 g/mol. The number of methoxy groups -OCH3 is 1. The summed E-state index contributed by atoms with van der Waals surface area (Å²) in [5, 5.41) is -0.0495. The molecule has 0 N–H and O–H groups in total. The average Bonchev–Trinajstić information content (AvgIpc) is 3.24. The van der Waals surface area contributed by atoms with Crippen LogP contribution in [0, 0.1) is 23.2 Å². The van der Waals surface area contributed by atoms with Gasteiger partial charge in [-0.3, -0.25) is 4.79 Å². The Kier molecular flexibility index (Phi) is 16.3. The highest BCUT2D eigenvalue weighted by Gasteiger charge is 2.57. The van der Waals surface area contributed by atoms with E-state index in [1.54, 1.807) is 7.11 Å². The quantitative estimate of drug-likeness (QED) is 0.0795. The molecule has 0 amide bonds. The third-order valence-electron chi connectivity index (χ3n) is 13.7. The van der Waals surface area contributed by atoms with Crippen molar-refractivity contribution in [3.05, 3.63) is 77.4 Å². The number of carbonyl (C=O) groups is 1. The van der Waals surface area contributed by atoms with Crippen molar-refractivity contribution in [3.8, 4) is 5.75 Å². The first-order chi connectivity index (χ1) is 26.3. The molecule has 1 aliphatic carbocycles. The van der Waals surface area contributed by atoms with E-state index < -0.39 is 28.2 Å². The zero-order valence-electron chi connectivity index (χ0n) is 37.4. The lowest BCUT2D eigenvalue weighted by Crippen LogP contribution is -2.54. The monoisotopic (exact) mass is 809 g/mol. The molecule has 2 aromatic rings. The largest absolute Gasteiger partial charge is 0.497 e. The summed E-state index contributed by atoms with van der Waals surface area (Å²) >= 11 is 0. The Bertz CT molecular complexity index is 1530. The first-order valence-corrected chi connectivity index (χ1v) is 26.4. The number of hydrogen-bond acceptors (Lipinski definition) is 7. The molecule has 2 aliphatic rings.